The van der Waals surface area contributed by atoms with E-state index in [0.717, 1.165) is 44.9 Å². The minimum atomic E-state index is -0.226. The van der Waals surface area contributed by atoms with Crippen LogP contribution in [-0.2, 0) is 4.79 Å². The van der Waals surface area contributed by atoms with Crippen molar-refractivity contribution in [3.8, 4) is 0 Å². The Labute approximate surface area is 185 Å². The first kappa shape index (κ1) is 25.6. The van der Waals surface area contributed by atoms with Gasteiger partial charge in [0.1, 0.15) is 0 Å². The first-order valence-electron chi connectivity index (χ1n) is 12.7. The average molecular weight is 421 g/mol. The lowest BCUT2D eigenvalue weighted by atomic mass is 9.64. The Bertz CT molecular complexity index is 544. The molecule has 2 rings (SSSR count). The zero-order valence-corrected chi connectivity index (χ0v) is 20.1. The highest BCUT2D eigenvalue weighted by molar-refractivity contribution is 5.88. The highest BCUT2D eigenvalue weighted by Crippen LogP contribution is 2.55. The minimum Gasteiger partial charge on any atom is -0.393 e. The Hall–Kier alpha value is -0.670. The molecule has 0 aromatic heterocycles. The highest BCUT2D eigenvalue weighted by atomic mass is 16.3. The van der Waals surface area contributed by atoms with Gasteiger partial charge in [-0.1, -0.05) is 34.3 Å². The van der Waals surface area contributed by atoms with E-state index in [-0.39, 0.29) is 18.0 Å². The molecule has 0 aromatic rings. The van der Waals surface area contributed by atoms with Gasteiger partial charge in [0, 0.05) is 6.42 Å². The van der Waals surface area contributed by atoms with Crippen LogP contribution < -0.4 is 0 Å². The predicted octanol–water partition coefficient (Wildman–Crippen LogP) is 6.32. The number of aliphatic hydroxyl groups is 2. The number of carbonyl (C=O) groups excluding carboxylic acids is 1. The van der Waals surface area contributed by atoms with E-state index in [2.05, 4.69) is 34.3 Å². The summed E-state index contributed by atoms with van der Waals surface area (Å²) in [6.45, 7) is 13.2. The molecule has 0 spiro atoms. The van der Waals surface area contributed by atoms with Gasteiger partial charge in [0.15, 0.2) is 5.78 Å². The number of aliphatic hydroxyl groups excluding tert-OH is 2. The summed E-state index contributed by atoms with van der Waals surface area (Å²) in [5.41, 5.74) is 0.316. The second-order valence-electron chi connectivity index (χ2n) is 11.1. The number of ketones is 1. The lowest BCUT2D eigenvalue weighted by Crippen LogP contribution is -2.33. The van der Waals surface area contributed by atoms with Crippen LogP contribution in [-0.4, -0.2) is 28.2 Å². The van der Waals surface area contributed by atoms with Gasteiger partial charge in [-0.2, -0.15) is 0 Å². The molecule has 2 aliphatic carbocycles. The van der Waals surface area contributed by atoms with E-state index < -0.39 is 0 Å². The minimum absolute atomic E-state index is 0.168. The largest absolute Gasteiger partial charge is 0.393 e. The molecule has 2 unspecified atom stereocenters. The molecule has 2 aliphatic rings. The molecule has 3 heteroatoms. The van der Waals surface area contributed by atoms with Crippen LogP contribution in [0.1, 0.15) is 105 Å². The first-order valence-corrected chi connectivity index (χ1v) is 12.7. The fourth-order valence-corrected chi connectivity index (χ4v) is 6.52. The number of hydrogen-bond donors (Lipinski definition) is 2. The second-order valence-corrected chi connectivity index (χ2v) is 11.1. The van der Waals surface area contributed by atoms with Gasteiger partial charge in [0.25, 0.3) is 0 Å². The van der Waals surface area contributed by atoms with Crippen LogP contribution in [0, 0.1) is 35.0 Å². The van der Waals surface area contributed by atoms with Crippen molar-refractivity contribution >= 4 is 5.78 Å². The van der Waals surface area contributed by atoms with Gasteiger partial charge in [-0.25, -0.2) is 0 Å². The quantitative estimate of drug-likeness (QED) is 0.452. The molecule has 0 saturated heterocycles. The van der Waals surface area contributed by atoms with Gasteiger partial charge in [0.2, 0.25) is 0 Å². The molecular formula is C27H48O3. The van der Waals surface area contributed by atoms with Crippen molar-refractivity contribution in [1.82, 2.24) is 0 Å². The molecule has 2 saturated carbocycles. The maximum Gasteiger partial charge on any atom is 0.155 e. The molecule has 2 fully saturated rings. The maximum absolute atomic E-state index is 11.7. The molecule has 0 amide bonds. The third kappa shape index (κ3) is 6.92. The second kappa shape index (κ2) is 11.8. The summed E-state index contributed by atoms with van der Waals surface area (Å²) in [6, 6.07) is 0. The summed E-state index contributed by atoms with van der Waals surface area (Å²) in [4.78, 5) is 11.7. The third-order valence-electron chi connectivity index (χ3n) is 9.11. The summed E-state index contributed by atoms with van der Waals surface area (Å²) >= 11 is 0. The molecule has 0 heterocycles. The van der Waals surface area contributed by atoms with Crippen LogP contribution in [0.5, 0.6) is 0 Å². The molecule has 0 bridgehead atoms. The van der Waals surface area contributed by atoms with E-state index in [9.17, 15) is 15.0 Å². The van der Waals surface area contributed by atoms with E-state index in [4.69, 9.17) is 0 Å². The third-order valence-corrected chi connectivity index (χ3v) is 9.11. The van der Waals surface area contributed by atoms with Gasteiger partial charge in [0.05, 0.1) is 12.2 Å². The summed E-state index contributed by atoms with van der Waals surface area (Å²) in [5.74, 6) is 3.20. The van der Waals surface area contributed by atoms with Crippen molar-refractivity contribution in [2.24, 2.45) is 35.0 Å². The monoisotopic (exact) mass is 420 g/mol. The standard InChI is InChI=1S/C27H48O3/c1-6-23(28)13-11-20(3)26-15-12-21(4)27(26,5)17-16-22-18-25(30)9-7-8-24(29)14-10-19(22)2/h6,19-22,24-26,29-30H,1,7-18H2,2-5H3/t19?,20-,21-,22+,24+,25-,26-,27?/m1/s1. The summed E-state index contributed by atoms with van der Waals surface area (Å²) < 4.78 is 0. The van der Waals surface area contributed by atoms with E-state index in [1.165, 1.54) is 31.8 Å². The Morgan fingerprint density at radius 2 is 1.80 bits per heavy atom. The fourth-order valence-electron chi connectivity index (χ4n) is 6.52. The lowest BCUT2D eigenvalue weighted by Gasteiger charge is -2.41. The Kier molecular flexibility index (Phi) is 10.1. The Morgan fingerprint density at radius 3 is 2.50 bits per heavy atom. The first-order chi connectivity index (χ1) is 14.2. The number of hydrogen-bond acceptors (Lipinski definition) is 3. The van der Waals surface area contributed by atoms with Gasteiger partial charge in [-0.05, 0) is 112 Å². The van der Waals surface area contributed by atoms with Crippen LogP contribution in [0.15, 0.2) is 12.7 Å². The number of rotatable bonds is 8. The molecule has 0 radical (unpaired) electrons. The topological polar surface area (TPSA) is 57.5 Å². The highest BCUT2D eigenvalue weighted by Gasteiger charge is 2.46. The number of allylic oxidation sites excluding steroid dienone is 1. The van der Waals surface area contributed by atoms with Crippen molar-refractivity contribution in [3.05, 3.63) is 12.7 Å². The van der Waals surface area contributed by atoms with E-state index in [0.29, 0.717) is 41.4 Å². The van der Waals surface area contributed by atoms with Crippen molar-refractivity contribution in [3.63, 3.8) is 0 Å². The molecule has 30 heavy (non-hydrogen) atoms. The Balaban J connectivity index is 2.02. The summed E-state index contributed by atoms with van der Waals surface area (Å²) in [7, 11) is 0. The smallest absolute Gasteiger partial charge is 0.155 e. The Morgan fingerprint density at radius 1 is 1.10 bits per heavy atom. The molecule has 0 aliphatic heterocycles. The van der Waals surface area contributed by atoms with E-state index >= 15 is 0 Å². The van der Waals surface area contributed by atoms with Crippen LogP contribution in [0.4, 0.5) is 0 Å². The SMILES string of the molecule is C=CC(=O)CC[C@@H](C)[C@H]1CC[C@@H](C)C1(C)CC[C@H]1C[C@H](O)CCC[C@H](O)CCC1C. The summed E-state index contributed by atoms with van der Waals surface area (Å²) in [5, 5.41) is 20.8. The van der Waals surface area contributed by atoms with Gasteiger partial charge in [-0.3, -0.25) is 4.79 Å². The average Bonchev–Trinajstić information content (AvgIpc) is 3.01. The maximum atomic E-state index is 11.7. The van der Waals surface area contributed by atoms with E-state index in [1.807, 2.05) is 0 Å². The molecular weight excluding hydrogens is 372 g/mol. The molecule has 8 atom stereocenters. The molecule has 2 N–H and O–H groups in total. The van der Waals surface area contributed by atoms with Crippen molar-refractivity contribution in [2.45, 2.75) is 117 Å². The molecule has 3 nitrogen and oxygen atoms in total. The lowest BCUT2D eigenvalue weighted by molar-refractivity contribution is -0.115. The molecule has 174 valence electrons. The van der Waals surface area contributed by atoms with Gasteiger partial charge >= 0.3 is 0 Å². The van der Waals surface area contributed by atoms with Gasteiger partial charge < -0.3 is 10.2 Å². The van der Waals surface area contributed by atoms with Crippen molar-refractivity contribution < 1.29 is 15.0 Å². The fraction of sp³-hybridized carbons (Fsp3) is 0.889. The predicted molar refractivity (Wildman–Crippen MR) is 125 cm³/mol. The van der Waals surface area contributed by atoms with Crippen LogP contribution in [0.3, 0.4) is 0 Å². The summed E-state index contributed by atoms with van der Waals surface area (Å²) in [6.07, 6.45) is 13.0. The number of carbonyl (C=O) groups is 1. The van der Waals surface area contributed by atoms with Gasteiger partial charge in [-0.15, -0.1) is 0 Å². The van der Waals surface area contributed by atoms with E-state index in [1.54, 1.807) is 0 Å². The zero-order valence-electron chi connectivity index (χ0n) is 20.1. The van der Waals surface area contributed by atoms with Crippen molar-refractivity contribution in [2.75, 3.05) is 0 Å². The van der Waals surface area contributed by atoms with Crippen LogP contribution in [0.2, 0.25) is 0 Å². The van der Waals surface area contributed by atoms with Crippen LogP contribution in [0.25, 0.3) is 0 Å². The van der Waals surface area contributed by atoms with Crippen LogP contribution >= 0.6 is 0 Å². The normalized spacial score (nSPS) is 39.4. The molecule has 0 aromatic carbocycles. The van der Waals surface area contributed by atoms with Crippen molar-refractivity contribution in [1.29, 1.82) is 0 Å². The zero-order chi connectivity index (χ0) is 22.3.